The molecule has 1 amide bonds. The van der Waals surface area contributed by atoms with Crippen LogP contribution in [-0.4, -0.2) is 12.1 Å². The second-order valence-electron chi connectivity index (χ2n) is 4.38. The van der Waals surface area contributed by atoms with Crippen LogP contribution in [0.5, 0.6) is 0 Å². The first kappa shape index (κ1) is 10.8. The second-order valence-corrected chi connectivity index (χ2v) is 4.38. The highest BCUT2D eigenvalue weighted by Gasteiger charge is 2.29. The van der Waals surface area contributed by atoms with Gasteiger partial charge >= 0.3 is 0 Å². The van der Waals surface area contributed by atoms with E-state index in [2.05, 4.69) is 5.32 Å². The number of benzene rings is 2. The van der Waals surface area contributed by atoms with Crippen LogP contribution in [0.25, 0.3) is 0 Å². The van der Waals surface area contributed by atoms with Crippen LogP contribution >= 0.6 is 0 Å². The molecule has 2 aromatic carbocycles. The number of rotatable bonds is 1. The van der Waals surface area contributed by atoms with E-state index in [1.807, 2.05) is 61.5 Å². The molecule has 3 rings (SSSR count). The number of hydrogen-bond donors (Lipinski definition) is 1. The van der Waals surface area contributed by atoms with Gasteiger partial charge in [-0.1, -0.05) is 30.3 Å². The zero-order valence-electron chi connectivity index (χ0n) is 10.1. The zero-order chi connectivity index (χ0) is 12.5. The molecule has 0 saturated carbocycles. The van der Waals surface area contributed by atoms with Gasteiger partial charge in [-0.25, -0.2) is 0 Å². The molecule has 0 aliphatic carbocycles. The number of nitrogens with zero attached hydrogens (tertiary/aromatic N) is 1. The lowest BCUT2D eigenvalue weighted by molar-refractivity contribution is 0.0977. The van der Waals surface area contributed by atoms with Crippen molar-refractivity contribution in [2.45, 2.75) is 13.1 Å². The summed E-state index contributed by atoms with van der Waals surface area (Å²) in [6.45, 7) is 1.99. The number of nitrogens with one attached hydrogen (secondary N) is 1. The zero-order valence-corrected chi connectivity index (χ0v) is 10.1. The Morgan fingerprint density at radius 3 is 2.44 bits per heavy atom. The third-order valence-corrected chi connectivity index (χ3v) is 3.16. The third kappa shape index (κ3) is 1.64. The van der Waals surface area contributed by atoms with E-state index in [1.165, 1.54) is 0 Å². The standard InChI is InChI=1S/C15H14N2O/c1-11-16-14-10-6-5-9-13(14)15(18)17(11)12-7-3-2-4-8-12/h2-11,16H,1H3/t11-/m0/s1. The number of amides is 1. The Kier molecular flexibility index (Phi) is 2.52. The summed E-state index contributed by atoms with van der Waals surface area (Å²) in [5.74, 6) is 0.0445. The maximum atomic E-state index is 12.5. The summed E-state index contributed by atoms with van der Waals surface area (Å²) >= 11 is 0. The number of anilines is 2. The number of carbonyl (C=O) groups is 1. The monoisotopic (exact) mass is 238 g/mol. The molecule has 3 heteroatoms. The SMILES string of the molecule is C[C@H]1Nc2ccccc2C(=O)N1c1ccccc1. The molecule has 1 atom stereocenters. The fourth-order valence-corrected chi connectivity index (χ4v) is 2.32. The van der Waals surface area contributed by atoms with Gasteiger partial charge in [0.05, 0.1) is 5.56 Å². The molecule has 0 aromatic heterocycles. The molecule has 1 aliphatic heterocycles. The highest BCUT2D eigenvalue weighted by atomic mass is 16.2. The van der Waals surface area contributed by atoms with Gasteiger partial charge in [0.25, 0.3) is 5.91 Å². The number of fused-ring (bicyclic) bond motifs is 1. The molecular formula is C15H14N2O. The van der Waals surface area contributed by atoms with E-state index in [1.54, 1.807) is 4.90 Å². The quantitative estimate of drug-likeness (QED) is 0.828. The maximum absolute atomic E-state index is 12.5. The van der Waals surface area contributed by atoms with Gasteiger partial charge in [-0.15, -0.1) is 0 Å². The molecule has 3 nitrogen and oxygen atoms in total. The lowest BCUT2D eigenvalue weighted by atomic mass is 10.1. The Bertz CT molecular complexity index is 580. The molecule has 0 radical (unpaired) electrons. The van der Waals surface area contributed by atoms with E-state index in [0.29, 0.717) is 0 Å². The minimum absolute atomic E-state index is 0.0445. The lowest BCUT2D eigenvalue weighted by Gasteiger charge is -2.35. The second kappa shape index (κ2) is 4.18. The molecule has 0 unspecified atom stereocenters. The summed E-state index contributed by atoms with van der Waals surface area (Å²) in [5.41, 5.74) is 2.54. The van der Waals surface area contributed by atoms with Crippen LogP contribution in [-0.2, 0) is 0 Å². The van der Waals surface area contributed by atoms with Crippen molar-refractivity contribution < 1.29 is 4.79 Å². The molecule has 90 valence electrons. The first-order valence-corrected chi connectivity index (χ1v) is 6.01. The predicted octanol–water partition coefficient (Wildman–Crippen LogP) is 3.10. The molecule has 2 aromatic rings. The fourth-order valence-electron chi connectivity index (χ4n) is 2.32. The van der Waals surface area contributed by atoms with Gasteiger partial charge in [-0.05, 0) is 31.2 Å². The first-order chi connectivity index (χ1) is 8.77. The normalized spacial score (nSPS) is 18.2. The average Bonchev–Trinajstić information content (AvgIpc) is 2.40. The Balaban J connectivity index is 2.06. The van der Waals surface area contributed by atoms with E-state index in [-0.39, 0.29) is 12.1 Å². The highest BCUT2D eigenvalue weighted by molar-refractivity contribution is 6.11. The summed E-state index contributed by atoms with van der Waals surface area (Å²) in [6, 6.07) is 17.3. The fraction of sp³-hybridized carbons (Fsp3) is 0.133. The first-order valence-electron chi connectivity index (χ1n) is 6.01. The van der Waals surface area contributed by atoms with Crippen molar-refractivity contribution >= 4 is 17.3 Å². The lowest BCUT2D eigenvalue weighted by Crippen LogP contribution is -2.47. The summed E-state index contributed by atoms with van der Waals surface area (Å²) in [7, 11) is 0. The smallest absolute Gasteiger partial charge is 0.262 e. The van der Waals surface area contributed by atoms with Crippen molar-refractivity contribution in [3.8, 4) is 0 Å². The summed E-state index contributed by atoms with van der Waals surface area (Å²) in [6.07, 6.45) is -0.0465. The van der Waals surface area contributed by atoms with Gasteiger partial charge in [0.1, 0.15) is 6.17 Å². The molecule has 0 spiro atoms. The topological polar surface area (TPSA) is 32.3 Å². The Hall–Kier alpha value is -2.29. The van der Waals surface area contributed by atoms with Crippen LogP contribution < -0.4 is 10.2 Å². The van der Waals surface area contributed by atoms with Gasteiger partial charge in [-0.2, -0.15) is 0 Å². The van der Waals surface area contributed by atoms with E-state index < -0.39 is 0 Å². The van der Waals surface area contributed by atoms with Gasteiger partial charge < -0.3 is 5.32 Å². The molecular weight excluding hydrogens is 224 g/mol. The Labute approximate surface area is 106 Å². The average molecular weight is 238 g/mol. The van der Waals surface area contributed by atoms with Gasteiger partial charge in [0.15, 0.2) is 0 Å². The Morgan fingerprint density at radius 2 is 1.67 bits per heavy atom. The van der Waals surface area contributed by atoms with Crippen LogP contribution in [0, 0.1) is 0 Å². The summed E-state index contributed by atoms with van der Waals surface area (Å²) < 4.78 is 0. The van der Waals surface area contributed by atoms with Crippen LogP contribution in [0.15, 0.2) is 54.6 Å². The molecule has 0 saturated heterocycles. The molecule has 0 bridgehead atoms. The van der Waals surface area contributed by atoms with Crippen molar-refractivity contribution in [3.63, 3.8) is 0 Å². The Morgan fingerprint density at radius 1 is 1.00 bits per heavy atom. The van der Waals surface area contributed by atoms with Crippen molar-refractivity contribution in [2.75, 3.05) is 10.2 Å². The van der Waals surface area contributed by atoms with Gasteiger partial charge in [0, 0.05) is 11.4 Å². The van der Waals surface area contributed by atoms with Crippen molar-refractivity contribution in [3.05, 3.63) is 60.2 Å². The van der Waals surface area contributed by atoms with E-state index in [0.717, 1.165) is 16.9 Å². The van der Waals surface area contributed by atoms with Crippen LogP contribution in [0.2, 0.25) is 0 Å². The molecule has 1 aliphatic rings. The minimum Gasteiger partial charge on any atom is -0.364 e. The van der Waals surface area contributed by atoms with E-state index >= 15 is 0 Å². The largest absolute Gasteiger partial charge is 0.364 e. The predicted molar refractivity (Wildman–Crippen MR) is 72.8 cm³/mol. The molecule has 0 fully saturated rings. The van der Waals surface area contributed by atoms with Crippen molar-refractivity contribution in [1.82, 2.24) is 0 Å². The summed E-state index contributed by atoms with van der Waals surface area (Å²) in [4.78, 5) is 14.3. The van der Waals surface area contributed by atoms with Gasteiger partial charge in [0.2, 0.25) is 0 Å². The van der Waals surface area contributed by atoms with Crippen molar-refractivity contribution in [2.24, 2.45) is 0 Å². The molecule has 18 heavy (non-hydrogen) atoms. The van der Waals surface area contributed by atoms with Crippen LogP contribution in [0.3, 0.4) is 0 Å². The minimum atomic E-state index is -0.0465. The number of hydrogen-bond acceptors (Lipinski definition) is 2. The van der Waals surface area contributed by atoms with Crippen LogP contribution in [0.4, 0.5) is 11.4 Å². The molecule has 1 N–H and O–H groups in total. The maximum Gasteiger partial charge on any atom is 0.262 e. The van der Waals surface area contributed by atoms with Crippen molar-refractivity contribution in [1.29, 1.82) is 0 Å². The van der Waals surface area contributed by atoms with Crippen LogP contribution in [0.1, 0.15) is 17.3 Å². The highest BCUT2D eigenvalue weighted by Crippen LogP contribution is 2.28. The molecule has 1 heterocycles. The summed E-state index contributed by atoms with van der Waals surface area (Å²) in [5, 5.41) is 3.34. The number of carbonyl (C=O) groups excluding carboxylic acids is 1. The van der Waals surface area contributed by atoms with E-state index in [4.69, 9.17) is 0 Å². The van der Waals surface area contributed by atoms with Gasteiger partial charge in [-0.3, -0.25) is 9.69 Å². The number of para-hydroxylation sites is 2. The van der Waals surface area contributed by atoms with E-state index in [9.17, 15) is 4.79 Å². The third-order valence-electron chi connectivity index (χ3n) is 3.16.